The van der Waals surface area contributed by atoms with Gasteiger partial charge in [-0.15, -0.1) is 11.3 Å². The normalized spacial score (nSPS) is 12.8. The first kappa shape index (κ1) is 15.2. The van der Waals surface area contributed by atoms with E-state index >= 15 is 0 Å². The third kappa shape index (κ3) is 3.28. The van der Waals surface area contributed by atoms with Crippen molar-refractivity contribution in [1.82, 2.24) is 14.5 Å². The Morgan fingerprint density at radius 1 is 1.40 bits per heavy atom. The van der Waals surface area contributed by atoms with Crippen LogP contribution < -0.4 is 4.72 Å². The third-order valence-electron chi connectivity index (χ3n) is 2.81. The Balaban J connectivity index is 2.30. The van der Waals surface area contributed by atoms with Crippen LogP contribution in [-0.4, -0.2) is 18.2 Å². The summed E-state index contributed by atoms with van der Waals surface area (Å²) in [7, 11) is -1.83. The Morgan fingerprint density at radius 3 is 2.65 bits per heavy atom. The van der Waals surface area contributed by atoms with E-state index < -0.39 is 10.0 Å². The minimum atomic E-state index is -3.56. The predicted molar refractivity (Wildman–Crippen MR) is 80.3 cm³/mol. The summed E-state index contributed by atoms with van der Waals surface area (Å²) in [6.45, 7) is 6.16. The lowest BCUT2D eigenvalue weighted by Gasteiger charge is -2.17. The lowest BCUT2D eigenvalue weighted by molar-refractivity contribution is 0.535. The molecule has 0 fully saturated rings. The number of rotatable bonds is 4. The summed E-state index contributed by atoms with van der Waals surface area (Å²) < 4.78 is 29.1. The van der Waals surface area contributed by atoms with E-state index in [1.807, 2.05) is 38.3 Å². The highest BCUT2D eigenvalue weighted by atomic mass is 32.2. The summed E-state index contributed by atoms with van der Waals surface area (Å²) in [4.78, 5) is 1.24. The molecule has 0 aliphatic heterocycles. The minimum absolute atomic E-state index is 0.254. The van der Waals surface area contributed by atoms with Crippen LogP contribution in [0, 0.1) is 0 Å². The first-order chi connectivity index (χ1) is 9.20. The van der Waals surface area contributed by atoms with E-state index in [2.05, 4.69) is 9.82 Å². The van der Waals surface area contributed by atoms with Crippen LogP contribution in [0.2, 0.25) is 0 Å². The van der Waals surface area contributed by atoms with E-state index in [1.165, 1.54) is 11.3 Å². The van der Waals surface area contributed by atoms with E-state index in [0.29, 0.717) is 12.2 Å². The molecule has 0 amide bonds. The van der Waals surface area contributed by atoms with Gasteiger partial charge in [0.25, 0.3) is 0 Å². The highest BCUT2D eigenvalue weighted by Gasteiger charge is 2.29. The topological polar surface area (TPSA) is 64.0 Å². The largest absolute Gasteiger partial charge is 0.274 e. The quantitative estimate of drug-likeness (QED) is 0.941. The van der Waals surface area contributed by atoms with Crippen LogP contribution in [0.25, 0.3) is 0 Å². The number of aromatic nitrogens is 2. The highest BCUT2D eigenvalue weighted by Crippen LogP contribution is 2.27. The van der Waals surface area contributed by atoms with Crippen LogP contribution in [0.4, 0.5) is 0 Å². The second-order valence-corrected chi connectivity index (χ2v) is 8.44. The van der Waals surface area contributed by atoms with Crippen molar-refractivity contribution in [1.29, 1.82) is 0 Å². The second kappa shape index (κ2) is 5.31. The molecule has 2 heterocycles. The fourth-order valence-corrected chi connectivity index (χ4v) is 3.97. The van der Waals surface area contributed by atoms with Crippen molar-refractivity contribution in [2.24, 2.45) is 7.05 Å². The number of hydrogen-bond acceptors (Lipinski definition) is 4. The zero-order chi connectivity index (χ0) is 15.0. The molecule has 0 saturated carbocycles. The average molecular weight is 313 g/mol. The van der Waals surface area contributed by atoms with Crippen molar-refractivity contribution in [3.8, 4) is 0 Å². The van der Waals surface area contributed by atoms with Gasteiger partial charge in [0.05, 0.1) is 5.69 Å². The molecule has 2 aromatic rings. The van der Waals surface area contributed by atoms with Crippen LogP contribution in [0.15, 0.2) is 28.6 Å². The molecule has 20 heavy (non-hydrogen) atoms. The van der Waals surface area contributed by atoms with Crippen molar-refractivity contribution >= 4 is 21.4 Å². The third-order valence-corrected chi connectivity index (χ3v) is 5.09. The molecule has 0 saturated heterocycles. The van der Waals surface area contributed by atoms with Gasteiger partial charge < -0.3 is 0 Å². The predicted octanol–water partition coefficient (Wildman–Crippen LogP) is 2.26. The molecule has 0 aliphatic carbocycles. The van der Waals surface area contributed by atoms with E-state index in [-0.39, 0.29) is 10.3 Å². The van der Waals surface area contributed by atoms with Gasteiger partial charge in [0.1, 0.15) is 4.90 Å². The number of nitrogens with zero attached hydrogens (tertiary/aromatic N) is 2. The molecule has 5 nitrogen and oxygen atoms in total. The molecular weight excluding hydrogens is 294 g/mol. The lowest BCUT2D eigenvalue weighted by atomic mass is 9.92. The summed E-state index contributed by atoms with van der Waals surface area (Å²) in [5, 5.41) is 6.22. The molecule has 0 radical (unpaired) electrons. The Morgan fingerprint density at radius 2 is 2.10 bits per heavy atom. The van der Waals surface area contributed by atoms with Crippen molar-refractivity contribution in [3.05, 3.63) is 34.3 Å². The molecule has 0 spiro atoms. The molecule has 0 aromatic carbocycles. The number of sulfonamides is 1. The first-order valence-electron chi connectivity index (χ1n) is 6.26. The van der Waals surface area contributed by atoms with Crippen molar-refractivity contribution in [3.63, 3.8) is 0 Å². The van der Waals surface area contributed by atoms with E-state index in [1.54, 1.807) is 17.9 Å². The number of aryl methyl sites for hydroxylation is 1. The molecule has 110 valence electrons. The van der Waals surface area contributed by atoms with Gasteiger partial charge in [-0.25, -0.2) is 13.1 Å². The summed E-state index contributed by atoms with van der Waals surface area (Å²) in [6.07, 6.45) is 1.55. The molecule has 1 N–H and O–H groups in total. The second-order valence-electron chi connectivity index (χ2n) is 5.67. The molecule has 2 aromatic heterocycles. The molecule has 2 rings (SSSR count). The Kier molecular flexibility index (Phi) is 4.04. The van der Waals surface area contributed by atoms with Gasteiger partial charge in [-0.1, -0.05) is 26.8 Å². The number of thiophene rings is 1. The summed E-state index contributed by atoms with van der Waals surface area (Å²) in [5.74, 6) is 0. The van der Waals surface area contributed by atoms with E-state index in [9.17, 15) is 8.42 Å². The molecule has 7 heteroatoms. The monoisotopic (exact) mass is 313 g/mol. The lowest BCUT2D eigenvalue weighted by Crippen LogP contribution is -2.26. The fraction of sp³-hybridized carbons (Fsp3) is 0.462. The first-order valence-corrected chi connectivity index (χ1v) is 8.62. The summed E-state index contributed by atoms with van der Waals surface area (Å²) in [5.41, 5.74) is 0.257. The number of hydrogen-bond donors (Lipinski definition) is 1. The zero-order valence-electron chi connectivity index (χ0n) is 12.0. The molecule has 0 aliphatic rings. The van der Waals surface area contributed by atoms with Crippen molar-refractivity contribution in [2.75, 3.05) is 0 Å². The van der Waals surface area contributed by atoms with Crippen molar-refractivity contribution in [2.45, 2.75) is 37.6 Å². The van der Waals surface area contributed by atoms with Gasteiger partial charge in [0, 0.05) is 30.1 Å². The maximum absolute atomic E-state index is 12.4. The fourth-order valence-electron chi connectivity index (χ4n) is 1.84. The van der Waals surface area contributed by atoms with Gasteiger partial charge >= 0.3 is 0 Å². The van der Waals surface area contributed by atoms with Crippen LogP contribution in [-0.2, 0) is 29.0 Å². The number of nitrogens with one attached hydrogen (secondary N) is 1. The maximum atomic E-state index is 12.4. The summed E-state index contributed by atoms with van der Waals surface area (Å²) >= 11 is 1.53. The van der Waals surface area contributed by atoms with Crippen LogP contribution >= 0.6 is 11.3 Å². The smallest absolute Gasteiger partial charge is 0.244 e. The van der Waals surface area contributed by atoms with Gasteiger partial charge in [0.15, 0.2) is 0 Å². The summed E-state index contributed by atoms with van der Waals surface area (Å²) in [6, 6.07) is 3.81. The Hall–Kier alpha value is -1.18. The Bertz CT molecular complexity index is 680. The van der Waals surface area contributed by atoms with Gasteiger partial charge in [-0.2, -0.15) is 5.10 Å². The molecule has 0 atom stereocenters. The molecular formula is C13H19N3O2S2. The van der Waals surface area contributed by atoms with Crippen LogP contribution in [0.5, 0.6) is 0 Å². The van der Waals surface area contributed by atoms with E-state index in [0.717, 1.165) is 4.88 Å². The standard InChI is InChI=1S/C13H19N3O2S2/c1-13(2,3)12-11(9-16(4)15-12)20(17,18)14-8-10-6-5-7-19-10/h5-7,9,14H,8H2,1-4H3. The average Bonchev–Trinajstić information content (AvgIpc) is 2.94. The molecule has 0 unspecified atom stereocenters. The Labute approximate surface area is 123 Å². The van der Waals surface area contributed by atoms with Crippen LogP contribution in [0.1, 0.15) is 31.3 Å². The molecule has 0 bridgehead atoms. The minimum Gasteiger partial charge on any atom is -0.274 e. The highest BCUT2D eigenvalue weighted by molar-refractivity contribution is 7.89. The van der Waals surface area contributed by atoms with Crippen LogP contribution in [0.3, 0.4) is 0 Å². The zero-order valence-corrected chi connectivity index (χ0v) is 13.7. The van der Waals surface area contributed by atoms with Gasteiger partial charge in [-0.05, 0) is 11.4 Å². The van der Waals surface area contributed by atoms with Gasteiger partial charge in [-0.3, -0.25) is 4.68 Å². The van der Waals surface area contributed by atoms with Crippen molar-refractivity contribution < 1.29 is 8.42 Å². The van der Waals surface area contributed by atoms with Gasteiger partial charge in [0.2, 0.25) is 10.0 Å². The maximum Gasteiger partial charge on any atom is 0.244 e. The van der Waals surface area contributed by atoms with E-state index in [4.69, 9.17) is 0 Å². The SMILES string of the molecule is Cn1cc(S(=O)(=O)NCc2cccs2)c(C(C)(C)C)n1.